The molecule has 0 heterocycles. The Bertz CT molecular complexity index is 924. The molecule has 8 heteroatoms. The summed E-state index contributed by atoms with van der Waals surface area (Å²) in [6.07, 6.45) is 1.06. The maximum Gasteiger partial charge on any atom is 0.240 e. The molecule has 0 aromatic heterocycles. The Hall–Kier alpha value is -2.74. The van der Waals surface area contributed by atoms with E-state index in [-0.39, 0.29) is 19.7 Å². The van der Waals surface area contributed by atoms with E-state index in [0.717, 1.165) is 27.4 Å². The van der Waals surface area contributed by atoms with Gasteiger partial charge in [0.25, 0.3) is 0 Å². The van der Waals surface area contributed by atoms with Crippen molar-refractivity contribution in [3.8, 4) is 11.5 Å². The normalized spacial score (nSPS) is 11.0. The fraction of sp³-hybridized carbons (Fsp3) is 0.381. The second kappa shape index (κ2) is 10.2. The van der Waals surface area contributed by atoms with Gasteiger partial charge in [0, 0.05) is 0 Å². The van der Waals surface area contributed by atoms with E-state index in [2.05, 4.69) is 11.4 Å². The van der Waals surface area contributed by atoms with Gasteiger partial charge >= 0.3 is 0 Å². The Labute approximate surface area is 172 Å². The minimum atomic E-state index is -3.68. The second-order valence-corrected chi connectivity index (χ2v) is 8.60. The lowest BCUT2D eigenvalue weighted by Crippen LogP contribution is -2.41. The second-order valence-electron chi connectivity index (χ2n) is 6.69. The molecular weight excluding hydrogens is 392 g/mol. The number of para-hydroxylation sites is 2. The van der Waals surface area contributed by atoms with Crippen LogP contribution in [0.5, 0.6) is 11.5 Å². The maximum absolute atomic E-state index is 12.3. The number of carbonyl (C=O) groups is 1. The van der Waals surface area contributed by atoms with Crippen molar-refractivity contribution in [2.75, 3.05) is 36.9 Å². The predicted molar refractivity (Wildman–Crippen MR) is 114 cm³/mol. The number of ether oxygens (including phenoxy) is 2. The standard InChI is InChI=1S/C21H28N2O5S/c1-5-27-20-9-7-6-8-19(20)23(29(4,25)26)15-21(24)22-10-11-28-18-13-16(2)12-17(3)14-18/h6-9,12-14H,5,10-11,15H2,1-4H3,(H,22,24). The average molecular weight is 421 g/mol. The molecule has 158 valence electrons. The van der Waals surface area contributed by atoms with Gasteiger partial charge in [-0.15, -0.1) is 0 Å². The summed E-state index contributed by atoms with van der Waals surface area (Å²) >= 11 is 0. The summed E-state index contributed by atoms with van der Waals surface area (Å²) in [5.74, 6) is 0.720. The number of carbonyl (C=O) groups excluding carboxylic acids is 1. The van der Waals surface area contributed by atoms with Gasteiger partial charge in [-0.05, 0) is 56.2 Å². The Morgan fingerprint density at radius 3 is 2.34 bits per heavy atom. The quantitative estimate of drug-likeness (QED) is 0.598. The van der Waals surface area contributed by atoms with Crippen molar-refractivity contribution in [1.29, 1.82) is 0 Å². The minimum absolute atomic E-state index is 0.260. The lowest BCUT2D eigenvalue weighted by molar-refractivity contribution is -0.119. The van der Waals surface area contributed by atoms with Crippen molar-refractivity contribution in [2.45, 2.75) is 20.8 Å². The Balaban J connectivity index is 1.97. The molecule has 0 aliphatic carbocycles. The molecule has 0 aliphatic rings. The third-order valence-corrected chi connectivity index (χ3v) is 5.14. The number of hydrogen-bond acceptors (Lipinski definition) is 5. The lowest BCUT2D eigenvalue weighted by Gasteiger charge is -2.24. The van der Waals surface area contributed by atoms with Crippen LogP contribution in [0.4, 0.5) is 5.69 Å². The van der Waals surface area contributed by atoms with Gasteiger partial charge in [-0.3, -0.25) is 9.10 Å². The number of nitrogens with zero attached hydrogens (tertiary/aromatic N) is 1. The number of hydrogen-bond donors (Lipinski definition) is 1. The van der Waals surface area contributed by atoms with Gasteiger partial charge < -0.3 is 14.8 Å². The molecule has 29 heavy (non-hydrogen) atoms. The van der Waals surface area contributed by atoms with Gasteiger partial charge in [-0.25, -0.2) is 8.42 Å². The van der Waals surface area contributed by atoms with Crippen molar-refractivity contribution in [3.05, 3.63) is 53.6 Å². The first kappa shape index (κ1) is 22.5. The van der Waals surface area contributed by atoms with Crippen LogP contribution in [0.1, 0.15) is 18.1 Å². The highest BCUT2D eigenvalue weighted by atomic mass is 32.2. The monoisotopic (exact) mass is 420 g/mol. The molecule has 2 rings (SSSR count). The molecule has 0 radical (unpaired) electrons. The molecule has 1 amide bonds. The molecule has 7 nitrogen and oxygen atoms in total. The van der Waals surface area contributed by atoms with Crippen LogP contribution in [0, 0.1) is 13.8 Å². The lowest BCUT2D eigenvalue weighted by atomic mass is 10.1. The van der Waals surface area contributed by atoms with E-state index in [4.69, 9.17) is 9.47 Å². The first-order valence-electron chi connectivity index (χ1n) is 9.38. The van der Waals surface area contributed by atoms with Gasteiger partial charge in [0.2, 0.25) is 15.9 Å². The first-order valence-corrected chi connectivity index (χ1v) is 11.2. The van der Waals surface area contributed by atoms with Gasteiger partial charge in [0.1, 0.15) is 24.7 Å². The van der Waals surface area contributed by atoms with E-state index >= 15 is 0 Å². The van der Waals surface area contributed by atoms with E-state index in [9.17, 15) is 13.2 Å². The van der Waals surface area contributed by atoms with Gasteiger partial charge in [-0.1, -0.05) is 18.2 Å². The summed E-state index contributed by atoms with van der Waals surface area (Å²) in [5.41, 5.74) is 2.53. The highest BCUT2D eigenvalue weighted by Gasteiger charge is 2.23. The molecule has 0 unspecified atom stereocenters. The Kier molecular flexibility index (Phi) is 7.90. The molecule has 2 aromatic rings. The summed E-state index contributed by atoms with van der Waals surface area (Å²) in [4.78, 5) is 12.3. The summed E-state index contributed by atoms with van der Waals surface area (Å²) in [7, 11) is -3.68. The Morgan fingerprint density at radius 2 is 1.72 bits per heavy atom. The highest BCUT2D eigenvalue weighted by Crippen LogP contribution is 2.29. The van der Waals surface area contributed by atoms with Crippen LogP contribution in [-0.2, 0) is 14.8 Å². The summed E-state index contributed by atoms with van der Waals surface area (Å²) < 4.78 is 36.7. The molecular formula is C21H28N2O5S. The van der Waals surface area contributed by atoms with Crippen LogP contribution in [0.15, 0.2) is 42.5 Å². The van der Waals surface area contributed by atoms with Gasteiger partial charge in [0.15, 0.2) is 0 Å². The number of sulfonamides is 1. The van der Waals surface area contributed by atoms with E-state index < -0.39 is 15.9 Å². The number of aryl methyl sites for hydroxylation is 2. The van der Waals surface area contributed by atoms with Crippen molar-refractivity contribution >= 4 is 21.6 Å². The molecule has 2 aromatic carbocycles. The molecule has 0 spiro atoms. The number of benzene rings is 2. The van der Waals surface area contributed by atoms with Crippen molar-refractivity contribution in [3.63, 3.8) is 0 Å². The van der Waals surface area contributed by atoms with Crippen LogP contribution < -0.4 is 19.1 Å². The maximum atomic E-state index is 12.3. The molecule has 0 saturated heterocycles. The van der Waals surface area contributed by atoms with Crippen molar-refractivity contribution in [2.24, 2.45) is 0 Å². The zero-order valence-electron chi connectivity index (χ0n) is 17.3. The van der Waals surface area contributed by atoms with Crippen LogP contribution in [-0.4, -0.2) is 46.9 Å². The smallest absolute Gasteiger partial charge is 0.240 e. The summed E-state index contributed by atoms with van der Waals surface area (Å²) in [5, 5.41) is 2.70. The van der Waals surface area contributed by atoms with Crippen LogP contribution in [0.2, 0.25) is 0 Å². The summed E-state index contributed by atoms with van der Waals surface area (Å²) in [6, 6.07) is 12.6. The molecule has 0 aliphatic heterocycles. The topological polar surface area (TPSA) is 84.9 Å². The molecule has 0 fully saturated rings. The number of amides is 1. The van der Waals surface area contributed by atoms with Gasteiger partial charge in [0.05, 0.1) is 25.1 Å². The molecule has 0 atom stereocenters. The number of rotatable bonds is 10. The van der Waals surface area contributed by atoms with Crippen LogP contribution in [0.3, 0.4) is 0 Å². The number of nitrogens with one attached hydrogen (secondary N) is 1. The third-order valence-electron chi connectivity index (χ3n) is 4.01. The van der Waals surface area contributed by atoms with Gasteiger partial charge in [-0.2, -0.15) is 0 Å². The van der Waals surface area contributed by atoms with Crippen molar-refractivity contribution < 1.29 is 22.7 Å². The molecule has 1 N–H and O–H groups in total. The third kappa shape index (κ3) is 6.98. The SMILES string of the molecule is CCOc1ccccc1N(CC(=O)NCCOc1cc(C)cc(C)c1)S(C)(=O)=O. The van der Waals surface area contributed by atoms with E-state index in [0.29, 0.717) is 18.0 Å². The summed E-state index contributed by atoms with van der Waals surface area (Å²) in [6.45, 7) is 6.37. The highest BCUT2D eigenvalue weighted by molar-refractivity contribution is 7.92. The average Bonchev–Trinajstić information content (AvgIpc) is 2.63. The van der Waals surface area contributed by atoms with Crippen LogP contribution >= 0.6 is 0 Å². The first-order chi connectivity index (χ1) is 13.7. The predicted octanol–water partition coefficient (Wildman–Crippen LogP) is 2.66. The van der Waals surface area contributed by atoms with Crippen molar-refractivity contribution in [1.82, 2.24) is 5.32 Å². The number of anilines is 1. The van der Waals surface area contributed by atoms with E-state index in [1.54, 1.807) is 24.3 Å². The largest absolute Gasteiger partial charge is 0.492 e. The molecule has 0 bridgehead atoms. The Morgan fingerprint density at radius 1 is 1.07 bits per heavy atom. The zero-order valence-corrected chi connectivity index (χ0v) is 18.1. The molecule has 0 saturated carbocycles. The minimum Gasteiger partial charge on any atom is -0.492 e. The zero-order chi connectivity index (χ0) is 21.4. The van der Waals surface area contributed by atoms with Crippen LogP contribution in [0.25, 0.3) is 0 Å². The van der Waals surface area contributed by atoms with E-state index in [1.165, 1.54) is 0 Å². The van der Waals surface area contributed by atoms with E-state index in [1.807, 2.05) is 32.9 Å². The fourth-order valence-corrected chi connectivity index (χ4v) is 3.74. The fourth-order valence-electron chi connectivity index (χ4n) is 2.88.